The van der Waals surface area contributed by atoms with Crippen molar-refractivity contribution in [2.24, 2.45) is 0 Å². The van der Waals surface area contributed by atoms with E-state index >= 15 is 0 Å². The van der Waals surface area contributed by atoms with Crippen LogP contribution in [0.1, 0.15) is 13.8 Å². The lowest BCUT2D eigenvalue weighted by Crippen LogP contribution is -3.14. The number of benzene rings is 1. The van der Waals surface area contributed by atoms with Gasteiger partial charge in [0, 0.05) is 6.07 Å². The van der Waals surface area contributed by atoms with Crippen LogP contribution in [0.4, 0.5) is 0 Å². The van der Waals surface area contributed by atoms with Crippen molar-refractivity contribution in [3.8, 4) is 11.5 Å². The molecule has 0 amide bonds. The van der Waals surface area contributed by atoms with E-state index in [9.17, 15) is 8.42 Å². The molecule has 0 spiro atoms. The third-order valence-corrected chi connectivity index (χ3v) is 6.12. The summed E-state index contributed by atoms with van der Waals surface area (Å²) >= 11 is 0. The van der Waals surface area contributed by atoms with Crippen molar-refractivity contribution < 1.29 is 22.8 Å². The molecule has 134 valence electrons. The molecule has 0 unspecified atom stereocenters. The molecular weight excluding hydrogens is 328 g/mol. The van der Waals surface area contributed by atoms with Gasteiger partial charge in [0.1, 0.15) is 0 Å². The second kappa shape index (κ2) is 8.00. The van der Waals surface area contributed by atoms with Crippen LogP contribution in [0.5, 0.6) is 11.5 Å². The summed E-state index contributed by atoms with van der Waals surface area (Å²) in [4.78, 5) is 1.66. The number of nitrogens with zero attached hydrogens (tertiary/aromatic N) is 1. The molecule has 7 heteroatoms. The molecule has 1 fully saturated rings. The van der Waals surface area contributed by atoms with Gasteiger partial charge in [0.15, 0.2) is 11.5 Å². The van der Waals surface area contributed by atoms with Crippen LogP contribution >= 0.6 is 0 Å². The molecule has 0 aromatic heterocycles. The average molecular weight is 355 g/mol. The molecular formula is C17H27N2O4S+. The molecule has 6 nitrogen and oxygen atoms in total. The number of sulfonamides is 1. The topological polar surface area (TPSA) is 60.3 Å². The number of hydrogen-bond donors (Lipinski definition) is 1. The fourth-order valence-corrected chi connectivity index (χ4v) is 4.18. The van der Waals surface area contributed by atoms with Gasteiger partial charge in [-0.15, -0.1) is 0 Å². The monoisotopic (exact) mass is 355 g/mol. The lowest BCUT2D eigenvalue weighted by molar-refractivity contribution is -0.897. The Labute approximate surface area is 144 Å². The van der Waals surface area contributed by atoms with Crippen LogP contribution in [0, 0.1) is 0 Å². The van der Waals surface area contributed by atoms with Crippen LogP contribution in [0.25, 0.3) is 0 Å². The van der Waals surface area contributed by atoms with Crippen molar-refractivity contribution >= 4 is 10.0 Å². The maximum Gasteiger partial charge on any atom is 0.243 e. The smallest absolute Gasteiger partial charge is 0.243 e. The first-order chi connectivity index (χ1) is 11.4. The van der Waals surface area contributed by atoms with Crippen LogP contribution in [-0.4, -0.2) is 59.7 Å². The fourth-order valence-electron chi connectivity index (χ4n) is 2.72. The van der Waals surface area contributed by atoms with E-state index in [0.29, 0.717) is 24.6 Å². The molecule has 1 N–H and O–H groups in total. The maximum absolute atomic E-state index is 12.8. The first-order valence-corrected chi connectivity index (χ1v) is 9.51. The minimum absolute atomic E-state index is 0.243. The first kappa shape index (κ1) is 18.8. The van der Waals surface area contributed by atoms with Crippen molar-refractivity contribution in [3.05, 3.63) is 29.8 Å². The first-order valence-electron chi connectivity index (χ1n) is 8.07. The Balaban J connectivity index is 2.10. The number of allylic oxidation sites excluding steroid dienone is 1. The van der Waals surface area contributed by atoms with Gasteiger partial charge in [0.2, 0.25) is 10.0 Å². The SMILES string of the molecule is COc1ccc(S(=O)(=O)N2CC[NH+](CC=C(C)C)CC2)cc1OC. The Morgan fingerprint density at radius 3 is 2.33 bits per heavy atom. The predicted molar refractivity (Wildman–Crippen MR) is 93.3 cm³/mol. The Morgan fingerprint density at radius 1 is 1.17 bits per heavy atom. The number of piperazine rings is 1. The largest absolute Gasteiger partial charge is 0.493 e. The van der Waals surface area contributed by atoms with Gasteiger partial charge in [-0.1, -0.05) is 5.57 Å². The summed E-state index contributed by atoms with van der Waals surface area (Å²) in [5.74, 6) is 0.943. The predicted octanol–water partition coefficient (Wildman–Crippen LogP) is 0.559. The molecule has 24 heavy (non-hydrogen) atoms. The van der Waals surface area contributed by atoms with Crippen LogP contribution < -0.4 is 14.4 Å². The van der Waals surface area contributed by atoms with Crippen LogP contribution in [0.15, 0.2) is 34.7 Å². The summed E-state index contributed by atoms with van der Waals surface area (Å²) in [5, 5.41) is 0. The second-order valence-corrected chi connectivity index (χ2v) is 8.09. The summed E-state index contributed by atoms with van der Waals surface area (Å²) in [6, 6.07) is 4.72. The third kappa shape index (κ3) is 4.28. The Kier molecular flexibility index (Phi) is 6.26. The fraction of sp³-hybridized carbons (Fsp3) is 0.529. The molecule has 1 aliphatic rings. The number of hydrogen-bond acceptors (Lipinski definition) is 4. The molecule has 0 aliphatic carbocycles. The van der Waals surface area contributed by atoms with Crippen molar-refractivity contribution in [2.75, 3.05) is 46.9 Å². The van der Waals surface area contributed by atoms with Crippen LogP contribution in [0.2, 0.25) is 0 Å². The Morgan fingerprint density at radius 2 is 1.79 bits per heavy atom. The molecule has 1 aromatic rings. The van der Waals surface area contributed by atoms with Crippen molar-refractivity contribution in [1.82, 2.24) is 4.31 Å². The van der Waals surface area contributed by atoms with E-state index < -0.39 is 10.0 Å². The number of ether oxygens (including phenoxy) is 2. The van der Waals surface area contributed by atoms with Crippen molar-refractivity contribution in [3.63, 3.8) is 0 Å². The van der Waals surface area contributed by atoms with E-state index in [2.05, 4.69) is 19.9 Å². The highest BCUT2D eigenvalue weighted by Gasteiger charge is 2.30. The van der Waals surface area contributed by atoms with E-state index in [1.54, 1.807) is 16.4 Å². The zero-order chi connectivity index (χ0) is 17.7. The quantitative estimate of drug-likeness (QED) is 0.758. The van der Waals surface area contributed by atoms with Gasteiger partial charge in [-0.3, -0.25) is 0 Å². The molecule has 1 saturated heterocycles. The Bertz CT molecular complexity index is 689. The van der Waals surface area contributed by atoms with E-state index in [1.165, 1.54) is 30.8 Å². The van der Waals surface area contributed by atoms with Crippen LogP contribution in [-0.2, 0) is 10.0 Å². The number of methoxy groups -OCH3 is 2. The average Bonchev–Trinajstić information content (AvgIpc) is 2.59. The van der Waals surface area contributed by atoms with Gasteiger partial charge in [-0.2, -0.15) is 4.31 Å². The normalized spacial score (nSPS) is 16.7. The summed E-state index contributed by atoms with van der Waals surface area (Å²) in [6.07, 6.45) is 2.20. The van der Waals surface area contributed by atoms with E-state index in [4.69, 9.17) is 9.47 Å². The van der Waals surface area contributed by atoms with Gasteiger partial charge >= 0.3 is 0 Å². The molecule has 0 radical (unpaired) electrons. The zero-order valence-corrected chi connectivity index (χ0v) is 15.6. The highest BCUT2D eigenvalue weighted by molar-refractivity contribution is 7.89. The molecule has 0 atom stereocenters. The van der Waals surface area contributed by atoms with E-state index in [1.807, 2.05) is 0 Å². The van der Waals surface area contributed by atoms with Crippen molar-refractivity contribution in [1.29, 1.82) is 0 Å². The molecule has 1 heterocycles. The highest BCUT2D eigenvalue weighted by atomic mass is 32.2. The van der Waals surface area contributed by atoms with Gasteiger partial charge in [0.25, 0.3) is 0 Å². The summed E-state index contributed by atoms with van der Waals surface area (Å²) < 4.78 is 37.6. The van der Waals surface area contributed by atoms with E-state index in [0.717, 1.165) is 19.6 Å². The highest BCUT2D eigenvalue weighted by Crippen LogP contribution is 2.30. The summed E-state index contributed by atoms with van der Waals surface area (Å²) in [6.45, 7) is 7.80. The van der Waals surface area contributed by atoms with E-state index in [-0.39, 0.29) is 4.90 Å². The number of rotatable bonds is 6. The zero-order valence-electron chi connectivity index (χ0n) is 14.8. The van der Waals surface area contributed by atoms with Gasteiger partial charge < -0.3 is 14.4 Å². The molecule has 0 bridgehead atoms. The number of quaternary nitrogens is 1. The lowest BCUT2D eigenvalue weighted by atomic mass is 10.3. The van der Waals surface area contributed by atoms with Gasteiger partial charge in [-0.05, 0) is 32.1 Å². The summed E-state index contributed by atoms with van der Waals surface area (Å²) in [7, 11) is -0.477. The van der Waals surface area contributed by atoms with Gasteiger partial charge in [-0.25, -0.2) is 8.42 Å². The van der Waals surface area contributed by atoms with Crippen LogP contribution in [0.3, 0.4) is 0 Å². The molecule has 0 saturated carbocycles. The molecule has 1 aromatic carbocycles. The molecule has 1 aliphatic heterocycles. The van der Waals surface area contributed by atoms with Crippen molar-refractivity contribution in [2.45, 2.75) is 18.7 Å². The minimum atomic E-state index is -3.51. The third-order valence-electron chi connectivity index (χ3n) is 4.22. The molecule has 2 rings (SSSR count). The second-order valence-electron chi connectivity index (χ2n) is 6.16. The maximum atomic E-state index is 12.8. The Hall–Kier alpha value is -1.57. The standard InChI is InChI=1S/C17H26N2O4S/c1-14(2)7-8-18-9-11-19(12-10-18)24(20,21)15-5-6-16(22-3)17(13-15)23-4/h5-7,13H,8-12H2,1-4H3/p+1. The lowest BCUT2D eigenvalue weighted by Gasteiger charge is -2.31. The minimum Gasteiger partial charge on any atom is -0.493 e. The number of nitrogens with one attached hydrogen (secondary N) is 1. The van der Waals surface area contributed by atoms with Gasteiger partial charge in [0.05, 0.1) is 51.8 Å². The summed E-state index contributed by atoms with van der Waals surface area (Å²) in [5.41, 5.74) is 1.29.